The summed E-state index contributed by atoms with van der Waals surface area (Å²) in [5.41, 5.74) is 6.95. The molecule has 0 spiro atoms. The molecular weight excluding hydrogens is 250 g/mol. The average Bonchev–Trinajstić information content (AvgIpc) is 2.48. The molecule has 20 heavy (non-hydrogen) atoms. The van der Waals surface area contributed by atoms with Gasteiger partial charge in [-0.2, -0.15) is 0 Å². The molecule has 0 radical (unpaired) electrons. The number of rotatable bonds is 5. The molecule has 4 nitrogen and oxygen atoms in total. The third kappa shape index (κ3) is 4.32. The zero-order valence-corrected chi connectivity index (χ0v) is 12.2. The van der Waals surface area contributed by atoms with E-state index in [0.29, 0.717) is 12.6 Å². The van der Waals surface area contributed by atoms with Crippen LogP contribution in [0.4, 0.5) is 0 Å². The van der Waals surface area contributed by atoms with Gasteiger partial charge in [-0.3, -0.25) is 4.79 Å². The zero-order valence-electron chi connectivity index (χ0n) is 12.2. The summed E-state index contributed by atoms with van der Waals surface area (Å²) in [5, 5.41) is 3.17. The van der Waals surface area contributed by atoms with E-state index in [-0.39, 0.29) is 11.8 Å². The van der Waals surface area contributed by atoms with Gasteiger partial charge in [0.25, 0.3) is 0 Å². The molecule has 2 rings (SSSR count). The minimum absolute atomic E-state index is 0.103. The van der Waals surface area contributed by atoms with Gasteiger partial charge in [-0.15, -0.1) is 0 Å². The summed E-state index contributed by atoms with van der Waals surface area (Å²) in [7, 11) is 2.12. The number of nitrogens with one attached hydrogen (secondary N) is 1. The molecule has 1 aliphatic heterocycles. The number of carbonyl (C=O) groups is 1. The van der Waals surface area contributed by atoms with Crippen molar-refractivity contribution in [1.29, 1.82) is 0 Å². The highest BCUT2D eigenvalue weighted by Crippen LogP contribution is 2.12. The van der Waals surface area contributed by atoms with Crippen LogP contribution < -0.4 is 11.1 Å². The molecule has 1 amide bonds. The first-order valence-corrected chi connectivity index (χ1v) is 7.42. The zero-order chi connectivity index (χ0) is 14.4. The van der Waals surface area contributed by atoms with Gasteiger partial charge in [0.05, 0.1) is 5.92 Å². The Morgan fingerprint density at radius 1 is 1.35 bits per heavy atom. The Balaban J connectivity index is 1.86. The second-order valence-corrected chi connectivity index (χ2v) is 5.71. The molecule has 3 N–H and O–H groups in total. The average molecular weight is 275 g/mol. The highest BCUT2D eigenvalue weighted by Gasteiger charge is 2.23. The van der Waals surface area contributed by atoms with Crippen molar-refractivity contribution in [2.75, 3.05) is 26.7 Å². The molecule has 0 bridgehead atoms. The topological polar surface area (TPSA) is 58.4 Å². The summed E-state index contributed by atoms with van der Waals surface area (Å²) >= 11 is 0. The van der Waals surface area contributed by atoms with Crippen molar-refractivity contribution in [3.05, 3.63) is 35.9 Å². The molecule has 0 saturated carbocycles. The van der Waals surface area contributed by atoms with Gasteiger partial charge in [0.15, 0.2) is 0 Å². The Hall–Kier alpha value is -1.39. The lowest BCUT2D eigenvalue weighted by molar-refractivity contribution is -0.125. The first-order chi connectivity index (χ1) is 9.69. The van der Waals surface area contributed by atoms with E-state index in [1.807, 2.05) is 30.3 Å². The van der Waals surface area contributed by atoms with Crippen molar-refractivity contribution in [2.24, 2.45) is 11.7 Å². The summed E-state index contributed by atoms with van der Waals surface area (Å²) in [6.45, 7) is 2.50. The van der Waals surface area contributed by atoms with Crippen LogP contribution in [0.25, 0.3) is 0 Å². The van der Waals surface area contributed by atoms with Gasteiger partial charge in [-0.05, 0) is 45.0 Å². The van der Waals surface area contributed by atoms with Gasteiger partial charge in [-0.25, -0.2) is 0 Å². The summed E-state index contributed by atoms with van der Waals surface area (Å²) in [5.74, 6) is -0.0250. The predicted octanol–water partition coefficient (Wildman–Crippen LogP) is 1.01. The fourth-order valence-corrected chi connectivity index (χ4v) is 2.65. The van der Waals surface area contributed by atoms with Crippen LogP contribution in [-0.2, 0) is 11.2 Å². The SMILES string of the molecule is CN1CCC(NC(=O)C(CN)Cc2ccccc2)CC1. The Bertz CT molecular complexity index is 413. The Morgan fingerprint density at radius 2 is 2.00 bits per heavy atom. The summed E-state index contributed by atoms with van der Waals surface area (Å²) in [6, 6.07) is 10.4. The highest BCUT2D eigenvalue weighted by atomic mass is 16.1. The third-order valence-corrected chi connectivity index (χ3v) is 4.05. The molecule has 0 aromatic heterocycles. The van der Waals surface area contributed by atoms with Crippen LogP contribution >= 0.6 is 0 Å². The van der Waals surface area contributed by atoms with Gasteiger partial charge in [0, 0.05) is 12.6 Å². The fourth-order valence-electron chi connectivity index (χ4n) is 2.65. The van der Waals surface area contributed by atoms with Crippen molar-refractivity contribution in [3.63, 3.8) is 0 Å². The summed E-state index contributed by atoms with van der Waals surface area (Å²) in [4.78, 5) is 14.6. The number of nitrogens with two attached hydrogens (primary N) is 1. The number of carbonyl (C=O) groups excluding carboxylic acids is 1. The minimum Gasteiger partial charge on any atom is -0.353 e. The lowest BCUT2D eigenvalue weighted by Crippen LogP contribution is -2.46. The quantitative estimate of drug-likeness (QED) is 0.843. The lowest BCUT2D eigenvalue weighted by Gasteiger charge is -2.30. The molecule has 0 aliphatic carbocycles. The third-order valence-electron chi connectivity index (χ3n) is 4.05. The summed E-state index contributed by atoms with van der Waals surface area (Å²) < 4.78 is 0. The first kappa shape index (κ1) is 15.0. The van der Waals surface area contributed by atoms with E-state index in [0.717, 1.165) is 32.4 Å². The van der Waals surface area contributed by atoms with Crippen LogP contribution in [0.15, 0.2) is 30.3 Å². The molecule has 1 saturated heterocycles. The van der Waals surface area contributed by atoms with Crippen LogP contribution in [0.1, 0.15) is 18.4 Å². The summed E-state index contributed by atoms with van der Waals surface area (Å²) in [6.07, 6.45) is 2.78. The van der Waals surface area contributed by atoms with Crippen molar-refractivity contribution in [1.82, 2.24) is 10.2 Å². The first-order valence-electron chi connectivity index (χ1n) is 7.42. The monoisotopic (exact) mass is 275 g/mol. The maximum Gasteiger partial charge on any atom is 0.224 e. The molecule has 1 fully saturated rings. The van der Waals surface area contributed by atoms with Gasteiger partial charge < -0.3 is 16.0 Å². The smallest absolute Gasteiger partial charge is 0.224 e. The minimum atomic E-state index is -0.128. The molecule has 1 atom stereocenters. The molecule has 1 heterocycles. The molecule has 4 heteroatoms. The van der Waals surface area contributed by atoms with Crippen LogP contribution in [-0.4, -0.2) is 43.5 Å². The largest absolute Gasteiger partial charge is 0.353 e. The van der Waals surface area contributed by atoms with E-state index >= 15 is 0 Å². The maximum absolute atomic E-state index is 12.3. The van der Waals surface area contributed by atoms with Crippen LogP contribution in [0.5, 0.6) is 0 Å². The number of likely N-dealkylation sites (tertiary alicyclic amines) is 1. The van der Waals surface area contributed by atoms with Gasteiger partial charge >= 0.3 is 0 Å². The standard InChI is InChI=1S/C16H25N3O/c1-19-9-7-15(8-10-19)18-16(20)14(12-17)11-13-5-3-2-4-6-13/h2-6,14-15H,7-12,17H2,1H3,(H,18,20). The van der Waals surface area contributed by atoms with E-state index < -0.39 is 0 Å². The number of amides is 1. The number of hydrogen-bond acceptors (Lipinski definition) is 3. The van der Waals surface area contributed by atoms with Crippen molar-refractivity contribution in [3.8, 4) is 0 Å². The lowest BCUT2D eigenvalue weighted by atomic mass is 9.97. The number of benzene rings is 1. The van der Waals surface area contributed by atoms with Crippen LogP contribution in [0.2, 0.25) is 0 Å². The Kier molecular flexibility index (Phi) is 5.56. The maximum atomic E-state index is 12.3. The van der Waals surface area contributed by atoms with E-state index in [4.69, 9.17) is 5.73 Å². The van der Waals surface area contributed by atoms with Gasteiger partial charge in [-0.1, -0.05) is 30.3 Å². The Morgan fingerprint density at radius 3 is 2.60 bits per heavy atom. The number of nitrogens with zero attached hydrogens (tertiary/aromatic N) is 1. The molecular formula is C16H25N3O. The molecule has 1 unspecified atom stereocenters. The normalized spacial score (nSPS) is 18.7. The second kappa shape index (κ2) is 7.41. The van der Waals surface area contributed by atoms with Crippen molar-refractivity contribution < 1.29 is 4.79 Å². The molecule has 1 aromatic carbocycles. The van der Waals surface area contributed by atoms with Crippen molar-refractivity contribution >= 4 is 5.91 Å². The Labute approximate surface area is 121 Å². The second-order valence-electron chi connectivity index (χ2n) is 5.71. The van der Waals surface area contributed by atoms with Gasteiger partial charge in [0.2, 0.25) is 5.91 Å². The fraction of sp³-hybridized carbons (Fsp3) is 0.562. The van der Waals surface area contributed by atoms with E-state index in [9.17, 15) is 4.79 Å². The predicted molar refractivity (Wildman–Crippen MR) is 81.4 cm³/mol. The van der Waals surface area contributed by atoms with E-state index in [1.54, 1.807) is 0 Å². The molecule has 110 valence electrons. The van der Waals surface area contributed by atoms with Crippen LogP contribution in [0.3, 0.4) is 0 Å². The van der Waals surface area contributed by atoms with E-state index in [1.165, 1.54) is 5.56 Å². The van der Waals surface area contributed by atoms with E-state index in [2.05, 4.69) is 17.3 Å². The number of hydrogen-bond donors (Lipinski definition) is 2. The van der Waals surface area contributed by atoms with Gasteiger partial charge in [0.1, 0.15) is 0 Å². The highest BCUT2D eigenvalue weighted by molar-refractivity contribution is 5.79. The number of piperidine rings is 1. The molecule has 1 aromatic rings. The van der Waals surface area contributed by atoms with Crippen molar-refractivity contribution in [2.45, 2.75) is 25.3 Å². The molecule has 1 aliphatic rings. The van der Waals surface area contributed by atoms with Crippen LogP contribution in [0, 0.1) is 5.92 Å².